The molecule has 3 N–H and O–H groups in total. The number of amides is 1. The van der Waals surface area contributed by atoms with Crippen LogP contribution in [0.4, 0.5) is 0 Å². The molecular weight excluding hydrogens is 280 g/mol. The van der Waals surface area contributed by atoms with E-state index in [1.54, 1.807) is 6.92 Å². The van der Waals surface area contributed by atoms with Crippen LogP contribution in [0.15, 0.2) is 0 Å². The molecule has 1 rings (SSSR count). The standard InChI is InChI=1S/C14H28N2O3.ClH/c1-10(2)14(4,9-15)16-13(17)11(3)19-8-12-6-5-7-18-12;/h10-12H,5-9,15H2,1-4H3,(H,16,17);1H. The Morgan fingerprint density at radius 2 is 2.15 bits per heavy atom. The summed E-state index contributed by atoms with van der Waals surface area (Å²) in [7, 11) is 0. The first-order chi connectivity index (χ1) is 8.89. The lowest BCUT2D eigenvalue weighted by molar-refractivity contribution is -0.136. The minimum absolute atomic E-state index is 0. The first kappa shape index (κ1) is 19.6. The molecule has 1 aliphatic rings. The number of halogens is 1. The quantitative estimate of drug-likeness (QED) is 0.747. The van der Waals surface area contributed by atoms with Crippen molar-refractivity contribution in [1.29, 1.82) is 0 Å². The second-order valence-corrected chi connectivity index (χ2v) is 5.88. The summed E-state index contributed by atoms with van der Waals surface area (Å²) in [4.78, 5) is 12.1. The summed E-state index contributed by atoms with van der Waals surface area (Å²) in [5.41, 5.74) is 5.36. The zero-order chi connectivity index (χ0) is 14.5. The third-order valence-electron chi connectivity index (χ3n) is 4.03. The summed E-state index contributed by atoms with van der Waals surface area (Å²) in [6, 6.07) is 0. The number of carbonyl (C=O) groups excluding carboxylic acids is 1. The van der Waals surface area contributed by atoms with Gasteiger partial charge in [0.25, 0.3) is 0 Å². The normalized spacial score (nSPS) is 23.0. The Balaban J connectivity index is 0.00000361. The predicted octanol–water partition coefficient (Wildman–Crippen LogP) is 1.48. The Kier molecular flexibility index (Phi) is 8.66. The van der Waals surface area contributed by atoms with E-state index in [0.29, 0.717) is 13.2 Å². The second-order valence-electron chi connectivity index (χ2n) is 5.88. The Bertz CT molecular complexity index is 296. The van der Waals surface area contributed by atoms with Crippen molar-refractivity contribution in [2.24, 2.45) is 11.7 Å². The van der Waals surface area contributed by atoms with E-state index in [4.69, 9.17) is 15.2 Å². The largest absolute Gasteiger partial charge is 0.376 e. The van der Waals surface area contributed by atoms with Crippen molar-refractivity contribution in [3.8, 4) is 0 Å². The molecule has 1 aliphatic heterocycles. The van der Waals surface area contributed by atoms with Gasteiger partial charge in [0.1, 0.15) is 6.10 Å². The first-order valence-corrected chi connectivity index (χ1v) is 7.14. The van der Waals surface area contributed by atoms with Crippen molar-refractivity contribution in [3.63, 3.8) is 0 Å². The van der Waals surface area contributed by atoms with E-state index >= 15 is 0 Å². The SMILES string of the molecule is CC(OCC1CCCO1)C(=O)NC(C)(CN)C(C)C.Cl. The number of ether oxygens (including phenoxy) is 2. The molecule has 0 bridgehead atoms. The number of hydrogen-bond donors (Lipinski definition) is 2. The van der Waals surface area contributed by atoms with Gasteiger partial charge in [-0.3, -0.25) is 4.79 Å². The van der Waals surface area contributed by atoms with Crippen LogP contribution >= 0.6 is 12.4 Å². The van der Waals surface area contributed by atoms with Crippen molar-refractivity contribution in [3.05, 3.63) is 0 Å². The Labute approximate surface area is 128 Å². The molecular formula is C14H29ClN2O3. The number of hydrogen-bond acceptors (Lipinski definition) is 4. The molecule has 0 spiro atoms. The highest BCUT2D eigenvalue weighted by molar-refractivity contribution is 5.85. The zero-order valence-corrected chi connectivity index (χ0v) is 13.8. The van der Waals surface area contributed by atoms with Crippen LogP contribution in [-0.2, 0) is 14.3 Å². The van der Waals surface area contributed by atoms with Gasteiger partial charge in [-0.1, -0.05) is 13.8 Å². The summed E-state index contributed by atoms with van der Waals surface area (Å²) >= 11 is 0. The molecule has 1 saturated heterocycles. The van der Waals surface area contributed by atoms with E-state index in [0.717, 1.165) is 19.4 Å². The van der Waals surface area contributed by atoms with Gasteiger partial charge in [0.05, 0.1) is 18.2 Å². The Morgan fingerprint density at radius 3 is 2.60 bits per heavy atom. The van der Waals surface area contributed by atoms with Crippen molar-refractivity contribution in [2.45, 2.75) is 58.3 Å². The summed E-state index contributed by atoms with van der Waals surface area (Å²) in [5.74, 6) is 0.159. The van der Waals surface area contributed by atoms with Crippen molar-refractivity contribution in [2.75, 3.05) is 19.8 Å². The van der Waals surface area contributed by atoms with Gasteiger partial charge in [-0.05, 0) is 32.6 Å². The summed E-state index contributed by atoms with van der Waals surface area (Å²) in [6.07, 6.45) is 1.75. The minimum atomic E-state index is -0.478. The fraction of sp³-hybridized carbons (Fsp3) is 0.929. The Hall–Kier alpha value is -0.360. The molecule has 0 saturated carbocycles. The average molecular weight is 309 g/mol. The second kappa shape index (κ2) is 8.82. The lowest BCUT2D eigenvalue weighted by Gasteiger charge is -2.34. The van der Waals surface area contributed by atoms with Crippen molar-refractivity contribution in [1.82, 2.24) is 5.32 Å². The summed E-state index contributed by atoms with van der Waals surface area (Å²) < 4.78 is 11.0. The third kappa shape index (κ3) is 5.56. The molecule has 3 atom stereocenters. The van der Waals surface area contributed by atoms with E-state index in [-0.39, 0.29) is 30.3 Å². The molecule has 0 aromatic rings. The number of carbonyl (C=O) groups is 1. The summed E-state index contributed by atoms with van der Waals surface area (Å²) in [5, 5.41) is 2.99. The topological polar surface area (TPSA) is 73.6 Å². The molecule has 0 radical (unpaired) electrons. The van der Waals surface area contributed by atoms with Gasteiger partial charge < -0.3 is 20.5 Å². The van der Waals surface area contributed by atoms with Gasteiger partial charge in [-0.25, -0.2) is 0 Å². The molecule has 3 unspecified atom stereocenters. The fourth-order valence-corrected chi connectivity index (χ4v) is 1.92. The molecule has 5 nitrogen and oxygen atoms in total. The summed E-state index contributed by atoms with van der Waals surface area (Å²) in [6.45, 7) is 9.51. The maximum Gasteiger partial charge on any atom is 0.249 e. The van der Waals surface area contributed by atoms with E-state index in [9.17, 15) is 4.79 Å². The lowest BCUT2D eigenvalue weighted by atomic mass is 9.88. The first-order valence-electron chi connectivity index (χ1n) is 7.14. The average Bonchev–Trinajstić information content (AvgIpc) is 2.88. The maximum absolute atomic E-state index is 12.1. The van der Waals surface area contributed by atoms with Crippen LogP contribution in [0.5, 0.6) is 0 Å². The number of rotatable bonds is 7. The third-order valence-corrected chi connectivity index (χ3v) is 4.03. The molecule has 0 aromatic carbocycles. The van der Waals surface area contributed by atoms with E-state index < -0.39 is 11.6 Å². The van der Waals surface area contributed by atoms with E-state index in [1.807, 2.05) is 20.8 Å². The van der Waals surface area contributed by atoms with Crippen LogP contribution in [-0.4, -0.2) is 43.4 Å². The minimum Gasteiger partial charge on any atom is -0.376 e. The van der Waals surface area contributed by atoms with Crippen LogP contribution in [0.2, 0.25) is 0 Å². The van der Waals surface area contributed by atoms with Crippen LogP contribution in [0.1, 0.15) is 40.5 Å². The van der Waals surface area contributed by atoms with Gasteiger partial charge in [-0.2, -0.15) is 0 Å². The fourth-order valence-electron chi connectivity index (χ4n) is 1.92. The maximum atomic E-state index is 12.1. The molecule has 120 valence electrons. The van der Waals surface area contributed by atoms with Gasteiger partial charge in [0.15, 0.2) is 0 Å². The molecule has 1 heterocycles. The Morgan fingerprint density at radius 1 is 1.50 bits per heavy atom. The van der Waals surface area contributed by atoms with E-state index in [2.05, 4.69) is 5.32 Å². The van der Waals surface area contributed by atoms with Crippen molar-refractivity contribution < 1.29 is 14.3 Å². The van der Waals surface area contributed by atoms with Crippen LogP contribution in [0, 0.1) is 5.92 Å². The van der Waals surface area contributed by atoms with Crippen LogP contribution in [0.3, 0.4) is 0 Å². The van der Waals surface area contributed by atoms with Gasteiger partial charge in [0, 0.05) is 13.2 Å². The zero-order valence-electron chi connectivity index (χ0n) is 13.0. The molecule has 0 aliphatic carbocycles. The van der Waals surface area contributed by atoms with Crippen LogP contribution in [0.25, 0.3) is 0 Å². The number of nitrogens with one attached hydrogen (secondary N) is 1. The molecule has 1 amide bonds. The molecule has 6 heteroatoms. The van der Waals surface area contributed by atoms with Gasteiger partial charge in [-0.15, -0.1) is 12.4 Å². The predicted molar refractivity (Wildman–Crippen MR) is 82.1 cm³/mol. The highest BCUT2D eigenvalue weighted by atomic mass is 35.5. The van der Waals surface area contributed by atoms with E-state index in [1.165, 1.54) is 0 Å². The molecule has 0 aromatic heterocycles. The monoisotopic (exact) mass is 308 g/mol. The smallest absolute Gasteiger partial charge is 0.249 e. The molecule has 20 heavy (non-hydrogen) atoms. The van der Waals surface area contributed by atoms with Crippen LogP contribution < -0.4 is 11.1 Å². The van der Waals surface area contributed by atoms with Gasteiger partial charge >= 0.3 is 0 Å². The van der Waals surface area contributed by atoms with Gasteiger partial charge in [0.2, 0.25) is 5.91 Å². The lowest BCUT2D eigenvalue weighted by Crippen LogP contribution is -2.57. The molecule has 1 fully saturated rings. The highest BCUT2D eigenvalue weighted by Crippen LogP contribution is 2.16. The number of nitrogens with two attached hydrogens (primary N) is 1. The highest BCUT2D eigenvalue weighted by Gasteiger charge is 2.30. The van der Waals surface area contributed by atoms with Crippen molar-refractivity contribution >= 4 is 18.3 Å².